The van der Waals surface area contributed by atoms with Gasteiger partial charge in [0.05, 0.1) is 19.9 Å². The highest BCUT2D eigenvalue weighted by molar-refractivity contribution is 7.10. The average molecular weight is 579 g/mol. The minimum absolute atomic E-state index is 0.193. The van der Waals surface area contributed by atoms with Crippen molar-refractivity contribution in [3.8, 4) is 11.5 Å². The molecule has 1 aromatic heterocycles. The van der Waals surface area contributed by atoms with Crippen LogP contribution < -0.4 is 30.8 Å². The van der Waals surface area contributed by atoms with Crippen LogP contribution in [0, 0.1) is 0 Å². The lowest BCUT2D eigenvalue weighted by Gasteiger charge is -2.35. The van der Waals surface area contributed by atoms with Crippen LogP contribution in [0.3, 0.4) is 0 Å². The summed E-state index contributed by atoms with van der Waals surface area (Å²) in [7, 11) is 1.60. The van der Waals surface area contributed by atoms with E-state index < -0.39 is 8.07 Å². The summed E-state index contributed by atoms with van der Waals surface area (Å²) in [6, 6.07) is 49.8. The van der Waals surface area contributed by atoms with Crippen molar-refractivity contribution in [2.45, 2.75) is 12.0 Å². The number of nitrogens with zero attached hydrogens (tertiary/aromatic N) is 2. The zero-order valence-corrected chi connectivity index (χ0v) is 25.6. The third-order valence-corrected chi connectivity index (χ3v) is 13.2. The number of hydrogen-bond donors (Lipinski definition) is 0. The molecule has 0 aliphatic carbocycles. The van der Waals surface area contributed by atoms with E-state index in [1.807, 2.05) is 6.20 Å². The first kappa shape index (κ1) is 28.3. The fraction of sp³-hybridized carbons (Fsp3) is 0.108. The van der Waals surface area contributed by atoms with Crippen LogP contribution in [0.4, 0.5) is 0 Å². The van der Waals surface area contributed by atoms with Gasteiger partial charge in [0, 0.05) is 18.6 Å². The Morgan fingerprint density at radius 1 is 0.605 bits per heavy atom. The number of aromatic nitrogens is 2. The molecule has 0 saturated heterocycles. The van der Waals surface area contributed by atoms with Crippen molar-refractivity contribution in [1.82, 2.24) is 9.55 Å². The molecule has 5 aromatic carbocycles. The van der Waals surface area contributed by atoms with Crippen LogP contribution in [0.5, 0.6) is 11.5 Å². The van der Waals surface area contributed by atoms with Gasteiger partial charge in [0.1, 0.15) is 11.5 Å². The topological polar surface area (TPSA) is 36.3 Å². The van der Waals surface area contributed by atoms with Crippen molar-refractivity contribution < 1.29 is 9.47 Å². The summed E-state index contributed by atoms with van der Waals surface area (Å²) >= 11 is 0. The third-order valence-electron chi connectivity index (χ3n) is 8.43. The number of imidazole rings is 1. The maximum atomic E-state index is 5.56. The minimum atomic E-state index is -2.63. The summed E-state index contributed by atoms with van der Waals surface area (Å²) in [5, 5.41) is 3.96. The lowest BCUT2D eigenvalue weighted by molar-refractivity contribution is 0.415. The second kappa shape index (κ2) is 13.0. The molecule has 0 aliphatic heterocycles. The molecule has 6 aromatic rings. The van der Waals surface area contributed by atoms with Gasteiger partial charge < -0.3 is 14.0 Å². The molecule has 212 valence electrons. The van der Waals surface area contributed by atoms with E-state index in [0.29, 0.717) is 0 Å². The summed E-state index contributed by atoms with van der Waals surface area (Å²) < 4.78 is 13.5. The number of rotatable bonds is 11. The molecule has 0 bridgehead atoms. The van der Waals surface area contributed by atoms with E-state index in [4.69, 9.17) is 14.5 Å². The molecule has 0 amide bonds. The predicted octanol–water partition coefficient (Wildman–Crippen LogP) is 4.46. The maximum absolute atomic E-state index is 5.56. The van der Waals surface area contributed by atoms with Crippen LogP contribution in [-0.2, 0) is 6.17 Å². The largest absolute Gasteiger partial charge is 0.497 e. The molecular weight excluding hydrogens is 543 g/mol. The molecule has 0 saturated carbocycles. The Morgan fingerprint density at radius 3 is 1.51 bits per heavy atom. The monoisotopic (exact) mass is 578 g/mol. The van der Waals surface area contributed by atoms with E-state index >= 15 is 0 Å². The molecule has 1 heterocycles. The second-order valence-corrected chi connectivity index (χ2v) is 14.6. The Balaban J connectivity index is 1.49. The molecule has 0 radical (unpaired) electrons. The van der Waals surface area contributed by atoms with Crippen LogP contribution in [-0.4, -0.2) is 39.1 Å². The van der Waals surface area contributed by atoms with Gasteiger partial charge in [-0.05, 0) is 56.8 Å². The number of ether oxygens (including phenoxy) is 2. The molecule has 0 aliphatic rings. The molecule has 0 atom stereocenters. The molecule has 0 fully saturated rings. The van der Waals surface area contributed by atoms with Crippen molar-refractivity contribution in [2.24, 2.45) is 0 Å². The highest BCUT2D eigenvalue weighted by atomic mass is 28.3. The Labute approximate surface area is 255 Å². The minimum Gasteiger partial charge on any atom is -0.497 e. The quantitative estimate of drug-likeness (QED) is 0.168. The lowest BCUT2D eigenvalue weighted by Crippen LogP contribution is -2.70. The van der Waals surface area contributed by atoms with Crippen molar-refractivity contribution in [3.63, 3.8) is 0 Å². The van der Waals surface area contributed by atoms with E-state index in [1.165, 1.54) is 26.7 Å². The summed E-state index contributed by atoms with van der Waals surface area (Å²) in [6.45, 7) is 0. The fourth-order valence-electron chi connectivity index (χ4n) is 6.16. The molecule has 6 rings (SSSR count). The van der Waals surface area contributed by atoms with E-state index in [0.717, 1.165) is 30.7 Å². The SMILES string of the molecule is COc1ccc([Si](Cn2ccnc2BC(c2ccccc2)c2ccccc2)(c2ccccc2)c2ccc(OC)cc2)cc1. The van der Waals surface area contributed by atoms with Gasteiger partial charge in [-0.25, -0.2) is 0 Å². The summed E-state index contributed by atoms with van der Waals surface area (Å²) in [5.41, 5.74) is 3.66. The van der Waals surface area contributed by atoms with Crippen LogP contribution in [0.25, 0.3) is 0 Å². The Bertz CT molecular complexity index is 1640. The number of benzene rings is 5. The second-order valence-electron chi connectivity index (χ2n) is 10.8. The molecule has 0 spiro atoms. The zero-order chi connectivity index (χ0) is 29.5. The first-order valence-corrected chi connectivity index (χ1v) is 16.9. The van der Waals surface area contributed by atoms with E-state index in [-0.39, 0.29) is 5.82 Å². The van der Waals surface area contributed by atoms with Crippen LogP contribution in [0.2, 0.25) is 0 Å². The van der Waals surface area contributed by atoms with Gasteiger partial charge >= 0.3 is 0 Å². The van der Waals surface area contributed by atoms with Crippen molar-refractivity contribution >= 4 is 36.6 Å². The van der Waals surface area contributed by atoms with E-state index in [2.05, 4.69) is 150 Å². The highest BCUT2D eigenvalue weighted by Crippen LogP contribution is 2.23. The van der Waals surface area contributed by atoms with Gasteiger partial charge in [0.2, 0.25) is 7.28 Å². The van der Waals surface area contributed by atoms with Gasteiger partial charge in [-0.15, -0.1) is 0 Å². The smallest absolute Gasteiger partial charge is 0.217 e. The normalized spacial score (nSPS) is 11.3. The summed E-state index contributed by atoms with van der Waals surface area (Å²) in [5.74, 6) is 1.90. The third kappa shape index (κ3) is 5.92. The van der Waals surface area contributed by atoms with Crippen molar-refractivity contribution in [3.05, 3.63) is 163 Å². The van der Waals surface area contributed by atoms with Gasteiger partial charge in [0.25, 0.3) is 0 Å². The lowest BCUT2D eigenvalue weighted by atomic mass is 9.58. The highest BCUT2D eigenvalue weighted by Gasteiger charge is 2.40. The maximum Gasteiger partial charge on any atom is 0.217 e. The molecule has 43 heavy (non-hydrogen) atoms. The van der Waals surface area contributed by atoms with Gasteiger partial charge in [0.15, 0.2) is 8.07 Å². The molecule has 6 heteroatoms. The first-order chi connectivity index (χ1) is 21.2. The molecule has 0 unspecified atom stereocenters. The van der Waals surface area contributed by atoms with Crippen LogP contribution in [0.1, 0.15) is 16.9 Å². The van der Waals surface area contributed by atoms with Gasteiger partial charge in [-0.3, -0.25) is 4.98 Å². The van der Waals surface area contributed by atoms with E-state index in [9.17, 15) is 0 Å². The molecule has 0 N–H and O–H groups in total. The standard InChI is InChI=1S/C37H35BN2O2Si/c1-41-31-18-22-34(23-19-31)43(33-16-10-5-11-17-33,35-24-20-32(42-2)21-25-35)28-40-27-26-39-37(40)38-36(29-12-6-3-7-13-29)30-14-8-4-9-15-30/h3-27,36,38H,28H2,1-2H3. The van der Waals surface area contributed by atoms with Crippen molar-refractivity contribution in [1.29, 1.82) is 0 Å². The number of methoxy groups -OCH3 is 2. The molecule has 4 nitrogen and oxygen atoms in total. The van der Waals surface area contributed by atoms with E-state index in [1.54, 1.807) is 14.2 Å². The predicted molar refractivity (Wildman–Crippen MR) is 181 cm³/mol. The fourth-order valence-corrected chi connectivity index (χ4v) is 10.7. The Morgan fingerprint density at radius 2 is 1.05 bits per heavy atom. The average Bonchev–Trinajstić information content (AvgIpc) is 3.53. The van der Waals surface area contributed by atoms with Crippen LogP contribution in [0.15, 0.2) is 152 Å². The van der Waals surface area contributed by atoms with Gasteiger partial charge in [-0.1, -0.05) is 115 Å². The number of hydrogen-bond acceptors (Lipinski definition) is 3. The molecular formula is C37H35BN2O2Si. The van der Waals surface area contributed by atoms with Gasteiger partial charge in [-0.2, -0.15) is 0 Å². The Kier molecular flexibility index (Phi) is 8.57. The summed E-state index contributed by atoms with van der Waals surface area (Å²) in [6.07, 6.45) is 4.91. The Hall–Kier alpha value is -4.81. The summed E-state index contributed by atoms with van der Waals surface area (Å²) in [4.78, 5) is 4.97. The zero-order valence-electron chi connectivity index (χ0n) is 24.6. The van der Waals surface area contributed by atoms with Crippen molar-refractivity contribution in [2.75, 3.05) is 14.2 Å². The first-order valence-electron chi connectivity index (χ1n) is 14.7. The van der Waals surface area contributed by atoms with Crippen LogP contribution >= 0.6 is 0 Å².